The molecule has 80 valence electrons. The third-order valence-corrected chi connectivity index (χ3v) is 2.51. The molecule has 1 aliphatic rings. The van der Waals surface area contributed by atoms with Crippen LogP contribution in [0.4, 0.5) is 0 Å². The molecular formula is C9H16N2O3. The van der Waals surface area contributed by atoms with Gasteiger partial charge in [-0.05, 0) is 25.2 Å². The average Bonchev–Trinajstić information content (AvgIpc) is 2.15. The van der Waals surface area contributed by atoms with E-state index in [0.717, 1.165) is 12.8 Å². The first kappa shape index (κ1) is 11.0. The number of hydrogen-bond acceptors (Lipinski definition) is 3. The van der Waals surface area contributed by atoms with Crippen LogP contribution in [0.3, 0.4) is 0 Å². The molecule has 0 radical (unpaired) electrons. The molecule has 1 heterocycles. The van der Waals surface area contributed by atoms with Gasteiger partial charge in [0.2, 0.25) is 11.8 Å². The normalized spacial score (nSPS) is 27.1. The van der Waals surface area contributed by atoms with Crippen LogP contribution < -0.4 is 11.5 Å². The topological polar surface area (TPSA) is 95.4 Å². The summed E-state index contributed by atoms with van der Waals surface area (Å²) in [4.78, 5) is 21.4. The summed E-state index contributed by atoms with van der Waals surface area (Å²) >= 11 is 0. The molecule has 2 unspecified atom stereocenters. The number of nitrogens with two attached hydrogens (primary N) is 2. The number of hydrogen-bond donors (Lipinski definition) is 2. The van der Waals surface area contributed by atoms with Crippen LogP contribution in [0.2, 0.25) is 0 Å². The monoisotopic (exact) mass is 200 g/mol. The fraction of sp³-hybridized carbons (Fsp3) is 0.778. The average molecular weight is 200 g/mol. The lowest BCUT2D eigenvalue weighted by Crippen LogP contribution is -2.37. The van der Waals surface area contributed by atoms with Gasteiger partial charge in [0.25, 0.3) is 0 Å². The van der Waals surface area contributed by atoms with Gasteiger partial charge in [-0.1, -0.05) is 0 Å². The van der Waals surface area contributed by atoms with Gasteiger partial charge in [0, 0.05) is 13.0 Å². The summed E-state index contributed by atoms with van der Waals surface area (Å²) in [5.41, 5.74) is 10.2. The van der Waals surface area contributed by atoms with E-state index in [1.807, 2.05) is 0 Å². The maximum absolute atomic E-state index is 10.8. The molecule has 5 nitrogen and oxygen atoms in total. The molecule has 0 saturated carbocycles. The second-order valence-electron chi connectivity index (χ2n) is 3.66. The summed E-state index contributed by atoms with van der Waals surface area (Å²) in [6, 6.07) is 0. The Labute approximate surface area is 82.8 Å². The van der Waals surface area contributed by atoms with E-state index in [9.17, 15) is 9.59 Å². The molecule has 1 aliphatic heterocycles. The highest BCUT2D eigenvalue weighted by molar-refractivity contribution is 5.78. The van der Waals surface area contributed by atoms with E-state index in [1.54, 1.807) is 0 Å². The molecule has 0 bridgehead atoms. The number of rotatable bonds is 4. The van der Waals surface area contributed by atoms with E-state index in [1.165, 1.54) is 0 Å². The maximum Gasteiger partial charge on any atom is 0.246 e. The zero-order chi connectivity index (χ0) is 10.6. The van der Waals surface area contributed by atoms with E-state index in [-0.39, 0.29) is 5.91 Å². The Morgan fingerprint density at radius 1 is 1.36 bits per heavy atom. The summed E-state index contributed by atoms with van der Waals surface area (Å²) in [6.07, 6.45) is 2.10. The molecule has 4 N–H and O–H groups in total. The standard InChI is InChI=1S/C9H16N2O3/c10-8(12)2-1-6-3-4-14-7(5-6)9(11)13/h6-7H,1-5H2,(H2,10,12)(H2,11,13). The van der Waals surface area contributed by atoms with Crippen LogP contribution >= 0.6 is 0 Å². The Morgan fingerprint density at radius 2 is 2.07 bits per heavy atom. The quantitative estimate of drug-likeness (QED) is 0.642. The van der Waals surface area contributed by atoms with Crippen LogP contribution in [0, 0.1) is 5.92 Å². The van der Waals surface area contributed by atoms with Gasteiger partial charge < -0.3 is 16.2 Å². The fourth-order valence-electron chi connectivity index (χ4n) is 1.67. The maximum atomic E-state index is 10.8. The number of ether oxygens (including phenoxy) is 1. The van der Waals surface area contributed by atoms with E-state index >= 15 is 0 Å². The van der Waals surface area contributed by atoms with Crippen LogP contribution in [0.1, 0.15) is 25.7 Å². The van der Waals surface area contributed by atoms with Gasteiger partial charge in [-0.25, -0.2) is 0 Å². The van der Waals surface area contributed by atoms with Crippen LogP contribution in [0.25, 0.3) is 0 Å². The molecule has 0 spiro atoms. The van der Waals surface area contributed by atoms with E-state index in [4.69, 9.17) is 16.2 Å². The summed E-state index contributed by atoms with van der Waals surface area (Å²) in [7, 11) is 0. The predicted molar refractivity (Wildman–Crippen MR) is 50.1 cm³/mol. The first-order chi connectivity index (χ1) is 6.59. The lowest BCUT2D eigenvalue weighted by atomic mass is 9.91. The van der Waals surface area contributed by atoms with Crippen molar-refractivity contribution in [1.82, 2.24) is 0 Å². The van der Waals surface area contributed by atoms with Crippen molar-refractivity contribution in [2.45, 2.75) is 31.8 Å². The van der Waals surface area contributed by atoms with Crippen molar-refractivity contribution in [3.8, 4) is 0 Å². The summed E-state index contributed by atoms with van der Waals surface area (Å²) in [5, 5.41) is 0. The smallest absolute Gasteiger partial charge is 0.246 e. The third kappa shape index (κ3) is 3.33. The van der Waals surface area contributed by atoms with Crippen molar-refractivity contribution in [2.75, 3.05) is 6.61 Å². The van der Waals surface area contributed by atoms with Gasteiger partial charge >= 0.3 is 0 Å². The van der Waals surface area contributed by atoms with Gasteiger partial charge in [-0.3, -0.25) is 9.59 Å². The molecule has 1 fully saturated rings. The van der Waals surface area contributed by atoms with Crippen molar-refractivity contribution in [3.63, 3.8) is 0 Å². The molecule has 2 atom stereocenters. The van der Waals surface area contributed by atoms with Crippen LogP contribution in [0.5, 0.6) is 0 Å². The molecule has 1 saturated heterocycles. The number of carbonyl (C=O) groups excluding carboxylic acids is 2. The minimum Gasteiger partial charge on any atom is -0.370 e. The highest BCUT2D eigenvalue weighted by Crippen LogP contribution is 2.23. The highest BCUT2D eigenvalue weighted by atomic mass is 16.5. The van der Waals surface area contributed by atoms with Gasteiger partial charge in [0.15, 0.2) is 0 Å². The number of amides is 2. The molecule has 0 aromatic heterocycles. The van der Waals surface area contributed by atoms with E-state index < -0.39 is 12.0 Å². The van der Waals surface area contributed by atoms with Crippen LogP contribution in [-0.2, 0) is 14.3 Å². The van der Waals surface area contributed by atoms with Crippen molar-refractivity contribution in [1.29, 1.82) is 0 Å². The largest absolute Gasteiger partial charge is 0.370 e. The highest BCUT2D eigenvalue weighted by Gasteiger charge is 2.26. The van der Waals surface area contributed by atoms with Crippen molar-refractivity contribution < 1.29 is 14.3 Å². The molecule has 0 aliphatic carbocycles. The Bertz CT molecular complexity index is 230. The molecule has 5 heteroatoms. The molecule has 1 rings (SSSR count). The van der Waals surface area contributed by atoms with Gasteiger partial charge in [0.05, 0.1) is 0 Å². The summed E-state index contributed by atoms with van der Waals surface area (Å²) in [6.45, 7) is 0.539. The Kier molecular flexibility index (Phi) is 3.88. The predicted octanol–water partition coefficient (Wildman–Crippen LogP) is -0.468. The van der Waals surface area contributed by atoms with Crippen LogP contribution in [0.15, 0.2) is 0 Å². The fourth-order valence-corrected chi connectivity index (χ4v) is 1.67. The Hall–Kier alpha value is -1.10. The Balaban J connectivity index is 2.32. The van der Waals surface area contributed by atoms with E-state index in [2.05, 4.69) is 0 Å². The number of primary amides is 2. The first-order valence-electron chi connectivity index (χ1n) is 4.79. The minimum absolute atomic E-state index is 0.299. The van der Waals surface area contributed by atoms with Crippen molar-refractivity contribution >= 4 is 11.8 Å². The SMILES string of the molecule is NC(=O)CCC1CCOC(C(N)=O)C1. The molecule has 2 amide bonds. The van der Waals surface area contributed by atoms with Crippen molar-refractivity contribution in [3.05, 3.63) is 0 Å². The minimum atomic E-state index is -0.485. The molecule has 0 aromatic carbocycles. The second kappa shape index (κ2) is 4.95. The van der Waals surface area contributed by atoms with Gasteiger partial charge in [-0.2, -0.15) is 0 Å². The molecular weight excluding hydrogens is 184 g/mol. The van der Waals surface area contributed by atoms with Crippen molar-refractivity contribution in [2.24, 2.45) is 17.4 Å². The van der Waals surface area contributed by atoms with Gasteiger partial charge in [-0.15, -0.1) is 0 Å². The van der Waals surface area contributed by atoms with Gasteiger partial charge in [0.1, 0.15) is 6.10 Å². The number of carbonyl (C=O) groups is 2. The summed E-state index contributed by atoms with van der Waals surface area (Å²) in [5.74, 6) is -0.394. The zero-order valence-corrected chi connectivity index (χ0v) is 8.07. The lowest BCUT2D eigenvalue weighted by molar-refractivity contribution is -0.134. The van der Waals surface area contributed by atoms with Crippen LogP contribution in [-0.4, -0.2) is 24.5 Å². The van der Waals surface area contributed by atoms with E-state index in [0.29, 0.717) is 25.4 Å². The second-order valence-corrected chi connectivity index (χ2v) is 3.66. The summed E-state index contributed by atoms with van der Waals surface area (Å²) < 4.78 is 5.19. The third-order valence-electron chi connectivity index (χ3n) is 2.51. The first-order valence-corrected chi connectivity index (χ1v) is 4.79. The molecule has 0 aromatic rings. The lowest BCUT2D eigenvalue weighted by Gasteiger charge is -2.27. The Morgan fingerprint density at radius 3 is 2.64 bits per heavy atom. The molecule has 14 heavy (non-hydrogen) atoms. The zero-order valence-electron chi connectivity index (χ0n) is 8.07.